The Balaban J connectivity index is 1.35. The van der Waals surface area contributed by atoms with E-state index in [1.807, 2.05) is 0 Å². The minimum Gasteiger partial charge on any atom is -0.446 e. The summed E-state index contributed by atoms with van der Waals surface area (Å²) in [6.07, 6.45) is 16.2. The summed E-state index contributed by atoms with van der Waals surface area (Å²) in [5.74, 6) is 4.98. The van der Waals surface area contributed by atoms with Crippen molar-refractivity contribution in [3.8, 4) is 0 Å². The van der Waals surface area contributed by atoms with Crippen LogP contribution in [-0.4, -0.2) is 31.2 Å². The topological polar surface area (TPSA) is 100 Å². The molecule has 5 N–H and O–H groups in total. The average Bonchev–Trinajstić information content (AvgIpc) is 3.19. The van der Waals surface area contributed by atoms with Crippen molar-refractivity contribution >= 4 is 12.1 Å². The van der Waals surface area contributed by atoms with Crippen molar-refractivity contribution in [2.24, 2.45) is 52.1 Å². The number of carbonyl (C=O) groups excluding carboxylic acids is 1. The van der Waals surface area contributed by atoms with E-state index in [4.69, 9.17) is 15.9 Å². The molecule has 4 rings (SSSR count). The lowest BCUT2D eigenvalue weighted by Gasteiger charge is -2.58. The normalized spacial score (nSPS) is 37.6. The molecule has 210 valence electrons. The molecule has 6 nitrogen and oxygen atoms in total. The van der Waals surface area contributed by atoms with Gasteiger partial charge < -0.3 is 21.1 Å². The van der Waals surface area contributed by atoms with Crippen LogP contribution in [0.1, 0.15) is 105 Å². The molecular weight excluding hydrogens is 460 g/mol. The smallest absolute Gasteiger partial charge is 0.407 e. The number of hydrogen-bond donors (Lipinski definition) is 4. The largest absolute Gasteiger partial charge is 0.446 e. The molecule has 0 aromatic heterocycles. The molecule has 0 radical (unpaired) electrons. The van der Waals surface area contributed by atoms with Crippen LogP contribution < -0.4 is 16.4 Å². The second kappa shape index (κ2) is 11.6. The summed E-state index contributed by atoms with van der Waals surface area (Å²) < 4.78 is 5.80. The minimum absolute atomic E-state index is 0.0342. The molecule has 0 bridgehead atoms. The Morgan fingerprint density at radius 2 is 1.84 bits per heavy atom. The highest BCUT2D eigenvalue weighted by Gasteiger charge is 2.59. The molecule has 3 saturated carbocycles. The first-order chi connectivity index (χ1) is 17.5. The monoisotopic (exact) mass is 514 g/mol. The molecule has 0 aliphatic heterocycles. The van der Waals surface area contributed by atoms with E-state index in [1.165, 1.54) is 51.4 Å². The number of nitrogens with one attached hydrogen (secondary N) is 3. The third-order valence-corrected chi connectivity index (χ3v) is 11.2. The van der Waals surface area contributed by atoms with Gasteiger partial charge in [-0.1, -0.05) is 65.5 Å². The van der Waals surface area contributed by atoms with Crippen molar-refractivity contribution in [1.29, 1.82) is 5.41 Å². The second-order valence-electron chi connectivity index (χ2n) is 13.8. The molecular formula is C31H54N4O2. The van der Waals surface area contributed by atoms with Gasteiger partial charge in [0.15, 0.2) is 5.96 Å². The number of fused-ring (bicyclic) bond motifs is 5. The predicted octanol–water partition coefficient (Wildman–Crippen LogP) is 6.61. The molecule has 1 amide bonds. The quantitative estimate of drug-likeness (QED) is 0.120. The third-order valence-electron chi connectivity index (χ3n) is 11.2. The van der Waals surface area contributed by atoms with Gasteiger partial charge in [-0.2, -0.15) is 0 Å². The predicted molar refractivity (Wildman–Crippen MR) is 151 cm³/mol. The average molecular weight is 515 g/mol. The maximum Gasteiger partial charge on any atom is 0.407 e. The number of allylic oxidation sites excluding steroid dienone is 1. The lowest BCUT2D eigenvalue weighted by molar-refractivity contribution is -0.0581. The fraction of sp³-hybridized carbons (Fsp3) is 0.871. The maximum absolute atomic E-state index is 12.3. The fourth-order valence-corrected chi connectivity index (χ4v) is 9.31. The molecule has 0 spiro atoms. The maximum atomic E-state index is 12.3. The standard InChI is InChI=1S/C31H54N4O2/c1-20(2)7-6-8-21(3)25-11-12-26-24-10-9-22-19-23(37-29(36)35-18-17-34-28(32)33)13-15-30(22,4)27(24)14-16-31(25,26)5/h9,20-21,23-27H,6-8,10-19H2,1-5H3,(H,35,36)(H4,32,33,34)/t21-,23+,24+,25-,26+,27?,30+,31-/m1/s1. The molecule has 8 atom stereocenters. The molecule has 1 unspecified atom stereocenters. The molecule has 0 heterocycles. The second-order valence-corrected chi connectivity index (χ2v) is 13.8. The van der Waals surface area contributed by atoms with Gasteiger partial charge in [-0.05, 0) is 91.3 Å². The van der Waals surface area contributed by atoms with Crippen LogP contribution in [0.15, 0.2) is 11.6 Å². The number of guanidine groups is 1. The zero-order chi connectivity index (χ0) is 26.8. The Kier molecular flexibility index (Phi) is 8.85. The first-order valence-corrected chi connectivity index (χ1v) is 15.3. The fourth-order valence-electron chi connectivity index (χ4n) is 9.31. The summed E-state index contributed by atoms with van der Waals surface area (Å²) in [5, 5.41) is 12.7. The van der Waals surface area contributed by atoms with Gasteiger partial charge in [0.1, 0.15) is 6.10 Å². The summed E-state index contributed by atoms with van der Waals surface area (Å²) in [6, 6.07) is 0. The van der Waals surface area contributed by atoms with E-state index < -0.39 is 0 Å². The van der Waals surface area contributed by atoms with E-state index in [2.05, 4.69) is 51.3 Å². The highest BCUT2D eigenvalue weighted by molar-refractivity contribution is 5.74. The van der Waals surface area contributed by atoms with Gasteiger partial charge in [0, 0.05) is 19.5 Å². The number of rotatable bonds is 9. The van der Waals surface area contributed by atoms with Crippen LogP contribution in [0.25, 0.3) is 0 Å². The van der Waals surface area contributed by atoms with Gasteiger partial charge in [0.2, 0.25) is 0 Å². The highest BCUT2D eigenvalue weighted by Crippen LogP contribution is 2.67. The summed E-state index contributed by atoms with van der Waals surface area (Å²) in [4.78, 5) is 12.3. The van der Waals surface area contributed by atoms with E-state index in [1.54, 1.807) is 5.57 Å². The van der Waals surface area contributed by atoms with E-state index >= 15 is 0 Å². The molecule has 37 heavy (non-hydrogen) atoms. The SMILES string of the molecule is CC(C)CCC[C@@H](C)[C@H]1CC[C@H]2[C@@H]3CC=C4C[C@@H](OC(=O)NCCNC(=N)N)CC[C@]4(C)C3CC[C@]12C. The molecule has 0 saturated heterocycles. The molecule has 0 aromatic rings. The minimum atomic E-state index is -0.360. The van der Waals surface area contributed by atoms with Crippen molar-refractivity contribution in [3.05, 3.63) is 11.6 Å². The number of alkyl carbamates (subject to hydrolysis) is 1. The Hall–Kier alpha value is -1.72. The lowest BCUT2D eigenvalue weighted by atomic mass is 9.47. The van der Waals surface area contributed by atoms with Crippen LogP contribution >= 0.6 is 0 Å². The third kappa shape index (κ3) is 5.98. The Morgan fingerprint density at radius 1 is 1.08 bits per heavy atom. The van der Waals surface area contributed by atoms with E-state index in [9.17, 15) is 4.79 Å². The van der Waals surface area contributed by atoms with Crippen molar-refractivity contribution in [3.63, 3.8) is 0 Å². The Labute approximate surface area is 225 Å². The lowest BCUT2D eigenvalue weighted by Crippen LogP contribution is -2.51. The highest BCUT2D eigenvalue weighted by atomic mass is 16.6. The number of carbonyl (C=O) groups is 1. The molecule has 4 aliphatic rings. The van der Waals surface area contributed by atoms with E-state index in [-0.39, 0.29) is 23.6 Å². The van der Waals surface area contributed by atoms with Crippen LogP contribution in [0.2, 0.25) is 0 Å². The van der Waals surface area contributed by atoms with E-state index in [0.29, 0.717) is 18.5 Å². The van der Waals surface area contributed by atoms with Crippen LogP contribution in [0.3, 0.4) is 0 Å². The molecule has 3 fully saturated rings. The summed E-state index contributed by atoms with van der Waals surface area (Å²) in [5.41, 5.74) is 7.63. The van der Waals surface area contributed by atoms with Crippen molar-refractivity contribution in [1.82, 2.24) is 10.6 Å². The zero-order valence-corrected chi connectivity index (χ0v) is 24.2. The van der Waals surface area contributed by atoms with Crippen LogP contribution in [0, 0.1) is 51.7 Å². The number of ether oxygens (including phenoxy) is 1. The summed E-state index contributed by atoms with van der Waals surface area (Å²) in [6.45, 7) is 13.3. The summed E-state index contributed by atoms with van der Waals surface area (Å²) >= 11 is 0. The Bertz CT molecular complexity index is 856. The number of nitrogens with two attached hydrogens (primary N) is 1. The van der Waals surface area contributed by atoms with Crippen molar-refractivity contribution in [2.45, 2.75) is 111 Å². The van der Waals surface area contributed by atoms with Crippen molar-refractivity contribution < 1.29 is 9.53 Å². The zero-order valence-electron chi connectivity index (χ0n) is 24.2. The van der Waals surface area contributed by atoms with Crippen molar-refractivity contribution in [2.75, 3.05) is 13.1 Å². The van der Waals surface area contributed by atoms with Gasteiger partial charge in [0.25, 0.3) is 0 Å². The number of hydrogen-bond acceptors (Lipinski definition) is 3. The van der Waals surface area contributed by atoms with Crippen LogP contribution in [-0.2, 0) is 4.74 Å². The Morgan fingerprint density at radius 3 is 2.57 bits per heavy atom. The molecule has 0 aromatic carbocycles. The van der Waals surface area contributed by atoms with Gasteiger partial charge in [0.05, 0.1) is 0 Å². The summed E-state index contributed by atoms with van der Waals surface area (Å²) in [7, 11) is 0. The van der Waals surface area contributed by atoms with Gasteiger partial charge in [-0.25, -0.2) is 4.79 Å². The van der Waals surface area contributed by atoms with Gasteiger partial charge in [-0.3, -0.25) is 5.41 Å². The number of amides is 1. The van der Waals surface area contributed by atoms with E-state index in [0.717, 1.165) is 54.8 Å². The molecule has 4 aliphatic carbocycles. The first-order valence-electron chi connectivity index (χ1n) is 15.3. The van der Waals surface area contributed by atoms with Gasteiger partial charge in [-0.15, -0.1) is 0 Å². The van der Waals surface area contributed by atoms with Crippen LogP contribution in [0.5, 0.6) is 0 Å². The van der Waals surface area contributed by atoms with Gasteiger partial charge >= 0.3 is 6.09 Å². The first kappa shape index (κ1) is 28.3. The van der Waals surface area contributed by atoms with Crippen LogP contribution in [0.4, 0.5) is 4.79 Å². The molecule has 6 heteroatoms.